The van der Waals surface area contributed by atoms with Gasteiger partial charge >= 0.3 is 0 Å². The maximum absolute atomic E-state index is 11.9. The van der Waals surface area contributed by atoms with Gasteiger partial charge in [-0.2, -0.15) is 0 Å². The van der Waals surface area contributed by atoms with Gasteiger partial charge in [0.1, 0.15) is 11.6 Å². The van der Waals surface area contributed by atoms with Crippen molar-refractivity contribution in [1.82, 2.24) is 19.9 Å². The summed E-state index contributed by atoms with van der Waals surface area (Å²) in [5.41, 5.74) is 2.04. The average molecular weight is 336 g/mol. The van der Waals surface area contributed by atoms with E-state index in [-0.39, 0.29) is 12.5 Å². The summed E-state index contributed by atoms with van der Waals surface area (Å²) in [5.74, 6) is 1.41. The Balaban J connectivity index is 1.52. The SMILES string of the molecule is Cc1cnc(-c2ccncc2)n1CCNC(=O)COc1ccccc1. The quantitative estimate of drug-likeness (QED) is 0.719. The van der Waals surface area contributed by atoms with Gasteiger partial charge < -0.3 is 14.6 Å². The maximum Gasteiger partial charge on any atom is 0.258 e. The molecular formula is C19H20N4O2. The van der Waals surface area contributed by atoms with Crippen LogP contribution in [0.5, 0.6) is 5.75 Å². The summed E-state index contributed by atoms with van der Waals surface area (Å²) in [6, 6.07) is 13.1. The average Bonchev–Trinajstić information content (AvgIpc) is 3.02. The van der Waals surface area contributed by atoms with Crippen molar-refractivity contribution in [2.45, 2.75) is 13.5 Å². The molecule has 1 aromatic carbocycles. The van der Waals surface area contributed by atoms with Gasteiger partial charge in [-0.15, -0.1) is 0 Å². The minimum absolute atomic E-state index is 0.00410. The molecule has 0 saturated heterocycles. The smallest absolute Gasteiger partial charge is 0.258 e. The molecule has 2 heterocycles. The molecule has 0 fully saturated rings. The van der Waals surface area contributed by atoms with Crippen molar-refractivity contribution < 1.29 is 9.53 Å². The molecule has 25 heavy (non-hydrogen) atoms. The van der Waals surface area contributed by atoms with Crippen LogP contribution in [0.2, 0.25) is 0 Å². The summed E-state index contributed by atoms with van der Waals surface area (Å²) >= 11 is 0. The molecule has 6 heteroatoms. The van der Waals surface area contributed by atoms with Gasteiger partial charge in [-0.3, -0.25) is 9.78 Å². The van der Waals surface area contributed by atoms with Gasteiger partial charge in [0.2, 0.25) is 0 Å². The number of aromatic nitrogens is 3. The van der Waals surface area contributed by atoms with Crippen LogP contribution in [0.25, 0.3) is 11.4 Å². The number of imidazole rings is 1. The number of amides is 1. The first kappa shape index (κ1) is 16.7. The van der Waals surface area contributed by atoms with Gasteiger partial charge in [0.25, 0.3) is 5.91 Å². The second-order valence-corrected chi connectivity index (χ2v) is 5.56. The number of rotatable bonds is 7. The van der Waals surface area contributed by atoms with Crippen molar-refractivity contribution in [3.63, 3.8) is 0 Å². The van der Waals surface area contributed by atoms with E-state index >= 15 is 0 Å². The third kappa shape index (κ3) is 4.44. The molecule has 0 saturated carbocycles. The second-order valence-electron chi connectivity index (χ2n) is 5.56. The van der Waals surface area contributed by atoms with Gasteiger partial charge in [-0.25, -0.2) is 4.98 Å². The van der Waals surface area contributed by atoms with Gasteiger partial charge in [-0.1, -0.05) is 18.2 Å². The summed E-state index contributed by atoms with van der Waals surface area (Å²) in [7, 11) is 0. The first-order valence-corrected chi connectivity index (χ1v) is 8.11. The number of carbonyl (C=O) groups excluding carboxylic acids is 1. The molecule has 1 amide bonds. The van der Waals surface area contributed by atoms with Crippen LogP contribution < -0.4 is 10.1 Å². The van der Waals surface area contributed by atoms with E-state index in [1.807, 2.05) is 55.6 Å². The van der Waals surface area contributed by atoms with Crippen LogP contribution in [-0.2, 0) is 11.3 Å². The predicted octanol–water partition coefficient (Wildman–Crippen LogP) is 2.45. The minimum Gasteiger partial charge on any atom is -0.484 e. The number of hydrogen-bond acceptors (Lipinski definition) is 4. The van der Waals surface area contributed by atoms with E-state index in [0.717, 1.165) is 17.1 Å². The standard InChI is InChI=1S/C19H20N4O2/c1-15-13-22-19(16-7-9-20-10-8-16)23(15)12-11-21-18(24)14-25-17-5-3-2-4-6-17/h2-10,13H,11-12,14H2,1H3,(H,21,24). The molecule has 0 aliphatic carbocycles. The number of hydrogen-bond donors (Lipinski definition) is 1. The van der Waals surface area contributed by atoms with Crippen molar-refractivity contribution in [2.75, 3.05) is 13.2 Å². The molecule has 0 aliphatic heterocycles. The monoisotopic (exact) mass is 336 g/mol. The number of nitrogens with one attached hydrogen (secondary N) is 1. The molecule has 0 aliphatic rings. The Morgan fingerprint density at radius 3 is 2.68 bits per heavy atom. The van der Waals surface area contributed by atoms with E-state index in [2.05, 4.69) is 19.9 Å². The Morgan fingerprint density at radius 1 is 1.16 bits per heavy atom. The summed E-state index contributed by atoms with van der Waals surface area (Å²) in [6.07, 6.45) is 5.31. The molecule has 1 N–H and O–H groups in total. The van der Waals surface area contributed by atoms with Crippen LogP contribution in [0.4, 0.5) is 0 Å². The van der Waals surface area contributed by atoms with E-state index in [1.165, 1.54) is 0 Å². The van der Waals surface area contributed by atoms with E-state index in [4.69, 9.17) is 4.74 Å². The lowest BCUT2D eigenvalue weighted by atomic mass is 10.2. The Bertz CT molecular complexity index is 816. The predicted molar refractivity (Wildman–Crippen MR) is 95.1 cm³/mol. The molecule has 6 nitrogen and oxygen atoms in total. The highest BCUT2D eigenvalue weighted by atomic mass is 16.5. The maximum atomic E-state index is 11.9. The molecule has 0 unspecified atom stereocenters. The Hall–Kier alpha value is -3.15. The van der Waals surface area contributed by atoms with Crippen molar-refractivity contribution in [3.05, 3.63) is 66.7 Å². The zero-order chi connectivity index (χ0) is 17.5. The molecule has 0 spiro atoms. The van der Waals surface area contributed by atoms with Crippen molar-refractivity contribution in [1.29, 1.82) is 0 Å². The lowest BCUT2D eigenvalue weighted by Gasteiger charge is -2.11. The fraction of sp³-hybridized carbons (Fsp3) is 0.211. The Labute approximate surface area is 146 Å². The zero-order valence-electron chi connectivity index (χ0n) is 14.1. The number of ether oxygens (including phenoxy) is 1. The summed E-state index contributed by atoms with van der Waals surface area (Å²) < 4.78 is 7.51. The highest BCUT2D eigenvalue weighted by Gasteiger charge is 2.09. The minimum atomic E-state index is -0.146. The van der Waals surface area contributed by atoms with Crippen LogP contribution in [0.1, 0.15) is 5.69 Å². The number of benzene rings is 1. The van der Waals surface area contributed by atoms with E-state index in [0.29, 0.717) is 18.8 Å². The van der Waals surface area contributed by atoms with E-state index < -0.39 is 0 Å². The van der Waals surface area contributed by atoms with Crippen LogP contribution in [0.15, 0.2) is 61.1 Å². The summed E-state index contributed by atoms with van der Waals surface area (Å²) in [4.78, 5) is 20.4. The number of nitrogens with zero attached hydrogens (tertiary/aromatic N) is 3. The molecule has 2 aromatic heterocycles. The zero-order valence-corrected chi connectivity index (χ0v) is 14.1. The van der Waals surface area contributed by atoms with E-state index in [1.54, 1.807) is 12.4 Å². The number of carbonyl (C=O) groups is 1. The third-order valence-electron chi connectivity index (χ3n) is 3.76. The highest BCUT2D eigenvalue weighted by molar-refractivity contribution is 5.77. The Morgan fingerprint density at radius 2 is 1.92 bits per heavy atom. The molecule has 0 bridgehead atoms. The number of para-hydroxylation sites is 1. The lowest BCUT2D eigenvalue weighted by molar-refractivity contribution is -0.123. The molecule has 3 aromatic rings. The van der Waals surface area contributed by atoms with Gasteiger partial charge in [0.15, 0.2) is 6.61 Å². The van der Waals surface area contributed by atoms with Crippen LogP contribution in [0, 0.1) is 6.92 Å². The first-order valence-electron chi connectivity index (χ1n) is 8.11. The summed E-state index contributed by atoms with van der Waals surface area (Å²) in [6.45, 7) is 3.15. The van der Waals surface area contributed by atoms with Crippen LogP contribution in [-0.4, -0.2) is 33.6 Å². The molecule has 0 atom stereocenters. The Kier molecular flexibility index (Phi) is 5.41. The van der Waals surface area contributed by atoms with Gasteiger partial charge in [0, 0.05) is 42.9 Å². The second kappa shape index (κ2) is 8.10. The third-order valence-corrected chi connectivity index (χ3v) is 3.76. The molecule has 0 radical (unpaired) electrons. The number of pyridine rings is 1. The largest absolute Gasteiger partial charge is 0.484 e. The molecule has 3 rings (SSSR count). The van der Waals surface area contributed by atoms with Gasteiger partial charge in [-0.05, 0) is 31.2 Å². The van der Waals surface area contributed by atoms with Crippen molar-refractivity contribution in [2.24, 2.45) is 0 Å². The van der Waals surface area contributed by atoms with Crippen molar-refractivity contribution >= 4 is 5.91 Å². The summed E-state index contributed by atoms with van der Waals surface area (Å²) in [5, 5.41) is 2.87. The fourth-order valence-electron chi connectivity index (χ4n) is 2.50. The van der Waals surface area contributed by atoms with Crippen LogP contribution in [0.3, 0.4) is 0 Å². The first-order chi connectivity index (χ1) is 12.2. The molecular weight excluding hydrogens is 316 g/mol. The van der Waals surface area contributed by atoms with Crippen LogP contribution >= 0.6 is 0 Å². The fourth-order valence-corrected chi connectivity index (χ4v) is 2.50. The molecule has 128 valence electrons. The van der Waals surface area contributed by atoms with Gasteiger partial charge in [0.05, 0.1) is 0 Å². The topological polar surface area (TPSA) is 69.0 Å². The van der Waals surface area contributed by atoms with E-state index in [9.17, 15) is 4.79 Å². The lowest BCUT2D eigenvalue weighted by Crippen LogP contribution is -2.31. The highest BCUT2D eigenvalue weighted by Crippen LogP contribution is 2.18. The normalized spacial score (nSPS) is 10.4. The number of aryl methyl sites for hydroxylation is 1. The van der Waals surface area contributed by atoms with Crippen molar-refractivity contribution in [3.8, 4) is 17.1 Å².